The Labute approximate surface area is 156 Å². The number of carboxylic acid groups (broad SMARTS) is 1. The number of fused-ring (bicyclic) bond motifs is 3. The average molecular weight is 370 g/mol. The van der Waals surface area contributed by atoms with Crippen LogP contribution < -0.4 is 4.74 Å². The van der Waals surface area contributed by atoms with E-state index in [-0.39, 0.29) is 31.9 Å². The van der Waals surface area contributed by atoms with Crippen LogP contribution in [0.5, 0.6) is 5.75 Å². The second-order valence-corrected chi connectivity index (χ2v) is 7.26. The molecule has 7 heteroatoms. The van der Waals surface area contributed by atoms with Crippen molar-refractivity contribution in [2.24, 2.45) is 0 Å². The summed E-state index contributed by atoms with van der Waals surface area (Å²) in [7, 11) is 0. The normalized spacial score (nSPS) is 24.1. The second kappa shape index (κ2) is 6.49. The Balaban J connectivity index is 1.75. The molecule has 1 aromatic carbocycles. The number of aliphatic carboxylic acids is 1. The maximum Gasteiger partial charge on any atom is 0.326 e. The lowest BCUT2D eigenvalue weighted by molar-refractivity contribution is -0.148. The predicted octanol–water partition coefficient (Wildman–Crippen LogP) is 1.89. The summed E-state index contributed by atoms with van der Waals surface area (Å²) in [4.78, 5) is 29.9. The quantitative estimate of drug-likeness (QED) is 0.856. The third kappa shape index (κ3) is 2.82. The van der Waals surface area contributed by atoms with Gasteiger partial charge in [0.25, 0.3) is 0 Å². The zero-order valence-electron chi connectivity index (χ0n) is 15.1. The van der Waals surface area contributed by atoms with Gasteiger partial charge in [-0.25, -0.2) is 9.78 Å². The van der Waals surface area contributed by atoms with Crippen LogP contribution in [0.2, 0.25) is 0 Å². The molecule has 0 saturated carbocycles. The summed E-state index contributed by atoms with van der Waals surface area (Å²) in [5.74, 6) is -0.660. The van der Waals surface area contributed by atoms with E-state index in [4.69, 9.17) is 4.74 Å². The monoisotopic (exact) mass is 370 g/mol. The van der Waals surface area contributed by atoms with Gasteiger partial charge in [0.05, 0.1) is 18.7 Å². The number of pyridine rings is 1. The van der Waals surface area contributed by atoms with Crippen molar-refractivity contribution >= 4 is 22.8 Å². The van der Waals surface area contributed by atoms with E-state index in [0.717, 1.165) is 16.5 Å². The Bertz CT molecular complexity index is 928. The molecule has 0 radical (unpaired) electrons. The number of aliphatic hydroxyl groups is 1. The summed E-state index contributed by atoms with van der Waals surface area (Å²) in [5, 5.41) is 20.4. The molecule has 0 bridgehead atoms. The van der Waals surface area contributed by atoms with Crippen molar-refractivity contribution in [2.45, 2.75) is 50.9 Å². The molecular formula is C20H22N2O5. The Hall–Kier alpha value is -2.67. The molecular weight excluding hydrogens is 348 g/mol. The summed E-state index contributed by atoms with van der Waals surface area (Å²) in [5.41, 5.74) is 1.49. The van der Waals surface area contributed by atoms with Crippen LogP contribution in [-0.2, 0) is 22.6 Å². The molecule has 7 nitrogen and oxygen atoms in total. The second-order valence-electron chi connectivity index (χ2n) is 7.26. The third-order valence-electron chi connectivity index (χ3n) is 5.63. The van der Waals surface area contributed by atoms with Crippen molar-refractivity contribution in [3.8, 4) is 5.75 Å². The lowest BCUT2D eigenvalue weighted by Crippen LogP contribution is -2.44. The van der Waals surface area contributed by atoms with Crippen LogP contribution in [0.25, 0.3) is 10.9 Å². The number of likely N-dealkylation sites (tertiary alicyclic amines) is 1. The number of carbonyl (C=O) groups is 2. The molecule has 27 heavy (non-hydrogen) atoms. The molecule has 2 aliphatic rings. The molecule has 2 aromatic rings. The topological polar surface area (TPSA) is 100.0 Å². The van der Waals surface area contributed by atoms with Crippen molar-refractivity contribution in [2.75, 3.05) is 6.54 Å². The molecule has 1 amide bonds. The van der Waals surface area contributed by atoms with Crippen molar-refractivity contribution in [1.82, 2.24) is 9.88 Å². The lowest BCUT2D eigenvalue weighted by atomic mass is 9.87. The number of aryl methyl sites for hydroxylation is 1. The number of aromatic nitrogens is 1. The van der Waals surface area contributed by atoms with Gasteiger partial charge in [0, 0.05) is 23.8 Å². The van der Waals surface area contributed by atoms with Crippen LogP contribution in [0, 0.1) is 0 Å². The maximum absolute atomic E-state index is 12.3. The van der Waals surface area contributed by atoms with E-state index in [1.165, 1.54) is 4.90 Å². The molecule has 0 aliphatic carbocycles. The van der Waals surface area contributed by atoms with Crippen LogP contribution in [0.1, 0.15) is 37.4 Å². The van der Waals surface area contributed by atoms with Gasteiger partial charge in [-0.3, -0.25) is 4.79 Å². The molecule has 2 atom stereocenters. The van der Waals surface area contributed by atoms with E-state index in [0.29, 0.717) is 24.3 Å². The standard InChI is InChI=1S/C20H22N2O5/c1-2-17(24)22-11-20(9-16(22)19(25)26)8-7-13-12-5-3-4-6-14(12)21-15(10-23)18(13)27-20/h3-6,16,23H,2,7-11H2,1H3,(H,25,26). The van der Waals surface area contributed by atoms with Crippen molar-refractivity contribution < 1.29 is 24.5 Å². The fourth-order valence-corrected chi connectivity index (χ4v) is 4.30. The third-order valence-corrected chi connectivity index (χ3v) is 5.63. The maximum atomic E-state index is 12.3. The zero-order chi connectivity index (χ0) is 19.2. The molecule has 1 aromatic heterocycles. The van der Waals surface area contributed by atoms with Gasteiger partial charge in [0.15, 0.2) is 0 Å². The first-order valence-corrected chi connectivity index (χ1v) is 9.20. The highest BCUT2D eigenvalue weighted by Gasteiger charge is 2.52. The van der Waals surface area contributed by atoms with Crippen LogP contribution in [0.4, 0.5) is 0 Å². The van der Waals surface area contributed by atoms with Gasteiger partial charge < -0.3 is 19.8 Å². The molecule has 2 unspecified atom stereocenters. The first-order chi connectivity index (χ1) is 13.0. The van der Waals surface area contributed by atoms with Crippen LogP contribution in [-0.4, -0.2) is 50.2 Å². The zero-order valence-corrected chi connectivity index (χ0v) is 15.1. The Morgan fingerprint density at radius 2 is 2.15 bits per heavy atom. The molecule has 4 rings (SSSR count). The lowest BCUT2D eigenvalue weighted by Gasteiger charge is -2.36. The Morgan fingerprint density at radius 1 is 1.37 bits per heavy atom. The Kier molecular flexibility index (Phi) is 4.26. The molecule has 2 N–H and O–H groups in total. The minimum Gasteiger partial charge on any atom is -0.483 e. The minimum atomic E-state index is -1.01. The van der Waals surface area contributed by atoms with Gasteiger partial charge in [-0.15, -0.1) is 0 Å². The number of carbonyl (C=O) groups excluding carboxylic acids is 1. The first-order valence-electron chi connectivity index (χ1n) is 9.20. The van der Waals surface area contributed by atoms with Crippen LogP contribution in [0.15, 0.2) is 24.3 Å². The SMILES string of the molecule is CCC(=O)N1CC2(CCc3c(c(CO)nc4ccccc34)O2)CC1C(=O)O. The summed E-state index contributed by atoms with van der Waals surface area (Å²) >= 11 is 0. The Morgan fingerprint density at radius 3 is 2.85 bits per heavy atom. The van der Waals surface area contributed by atoms with E-state index >= 15 is 0 Å². The number of carboxylic acids is 1. The highest BCUT2D eigenvalue weighted by Crippen LogP contribution is 2.44. The summed E-state index contributed by atoms with van der Waals surface area (Å²) in [6.07, 6.45) is 1.80. The summed E-state index contributed by atoms with van der Waals surface area (Å²) in [6.45, 7) is 1.71. The van der Waals surface area contributed by atoms with E-state index in [9.17, 15) is 19.8 Å². The van der Waals surface area contributed by atoms with Crippen molar-refractivity contribution in [3.63, 3.8) is 0 Å². The van der Waals surface area contributed by atoms with E-state index in [1.54, 1.807) is 6.92 Å². The molecule has 2 aliphatic heterocycles. The smallest absolute Gasteiger partial charge is 0.326 e. The number of hydrogen-bond donors (Lipinski definition) is 2. The van der Waals surface area contributed by atoms with Gasteiger partial charge in [-0.1, -0.05) is 25.1 Å². The van der Waals surface area contributed by atoms with E-state index in [1.807, 2.05) is 24.3 Å². The first kappa shape index (κ1) is 17.7. The van der Waals surface area contributed by atoms with Gasteiger partial charge >= 0.3 is 5.97 Å². The number of aliphatic hydroxyl groups excluding tert-OH is 1. The van der Waals surface area contributed by atoms with Gasteiger partial charge in [0.2, 0.25) is 5.91 Å². The highest BCUT2D eigenvalue weighted by atomic mass is 16.5. The number of rotatable bonds is 3. The number of amides is 1. The average Bonchev–Trinajstić information content (AvgIpc) is 3.05. The summed E-state index contributed by atoms with van der Waals surface area (Å²) < 4.78 is 6.34. The molecule has 142 valence electrons. The van der Waals surface area contributed by atoms with Crippen LogP contribution in [0.3, 0.4) is 0 Å². The molecule has 1 saturated heterocycles. The number of benzene rings is 1. The summed E-state index contributed by atoms with van der Waals surface area (Å²) in [6, 6.07) is 6.83. The number of para-hydroxylation sites is 1. The van der Waals surface area contributed by atoms with Gasteiger partial charge in [-0.2, -0.15) is 0 Å². The number of nitrogens with zero attached hydrogens (tertiary/aromatic N) is 2. The fourth-order valence-electron chi connectivity index (χ4n) is 4.30. The minimum absolute atomic E-state index is 0.187. The van der Waals surface area contributed by atoms with E-state index < -0.39 is 17.6 Å². The highest BCUT2D eigenvalue weighted by molar-refractivity contribution is 5.86. The van der Waals surface area contributed by atoms with Crippen molar-refractivity contribution in [1.29, 1.82) is 0 Å². The van der Waals surface area contributed by atoms with Gasteiger partial charge in [0.1, 0.15) is 23.1 Å². The predicted molar refractivity (Wildman–Crippen MR) is 97.4 cm³/mol. The van der Waals surface area contributed by atoms with Gasteiger partial charge in [-0.05, 0) is 18.9 Å². The van der Waals surface area contributed by atoms with Crippen molar-refractivity contribution in [3.05, 3.63) is 35.5 Å². The molecule has 1 spiro atoms. The number of hydrogen-bond acceptors (Lipinski definition) is 5. The van der Waals surface area contributed by atoms with Crippen LogP contribution >= 0.6 is 0 Å². The van der Waals surface area contributed by atoms with E-state index in [2.05, 4.69) is 4.98 Å². The fraction of sp³-hybridized carbons (Fsp3) is 0.450. The molecule has 3 heterocycles. The molecule has 1 fully saturated rings. The largest absolute Gasteiger partial charge is 0.483 e. The number of ether oxygens (including phenoxy) is 1.